The molecule has 2 fully saturated rings. The van der Waals surface area contributed by atoms with Crippen LogP contribution in [0.3, 0.4) is 0 Å². The summed E-state index contributed by atoms with van der Waals surface area (Å²) in [7, 11) is 0. The Hall–Kier alpha value is -2.47. The van der Waals surface area contributed by atoms with Gasteiger partial charge in [0.25, 0.3) is 0 Å². The Morgan fingerprint density at radius 2 is 1.52 bits per heavy atom. The van der Waals surface area contributed by atoms with Crippen molar-refractivity contribution in [2.45, 2.75) is 12.2 Å². The van der Waals surface area contributed by atoms with Crippen molar-refractivity contribution < 1.29 is 24.2 Å². The van der Waals surface area contributed by atoms with Gasteiger partial charge in [-0.2, -0.15) is 0 Å². The molecule has 21 heavy (non-hydrogen) atoms. The standard InChI is InChI=1S/C15H11NO5/c17-13-11-9-5-6-10(21-9)12(11)14(18)16(13)8-3-1-7(2-4-8)15(19)20/h1-6,9-12H,(H,19,20). The molecule has 3 heterocycles. The lowest BCUT2D eigenvalue weighted by Gasteiger charge is -2.17. The number of carbonyl (C=O) groups excluding carboxylic acids is 2. The van der Waals surface area contributed by atoms with E-state index in [1.807, 2.05) is 12.2 Å². The number of amides is 2. The molecule has 0 spiro atoms. The fraction of sp³-hybridized carbons (Fsp3) is 0.267. The lowest BCUT2D eigenvalue weighted by molar-refractivity contribution is -0.124. The third-order valence-electron chi connectivity index (χ3n) is 4.28. The first-order valence-electron chi connectivity index (χ1n) is 6.63. The number of ether oxygens (including phenoxy) is 1. The van der Waals surface area contributed by atoms with E-state index in [9.17, 15) is 14.4 Å². The van der Waals surface area contributed by atoms with Crippen molar-refractivity contribution in [3.63, 3.8) is 0 Å². The highest BCUT2D eigenvalue weighted by Gasteiger charge is 2.60. The number of rotatable bonds is 2. The number of hydrogen-bond donors (Lipinski definition) is 1. The first kappa shape index (κ1) is 12.3. The summed E-state index contributed by atoms with van der Waals surface area (Å²) in [4.78, 5) is 37.0. The van der Waals surface area contributed by atoms with Crippen LogP contribution in [0.1, 0.15) is 10.4 Å². The van der Waals surface area contributed by atoms with Gasteiger partial charge in [0.2, 0.25) is 11.8 Å². The third kappa shape index (κ3) is 1.53. The van der Waals surface area contributed by atoms with Gasteiger partial charge in [0, 0.05) is 0 Å². The molecule has 3 aliphatic rings. The second-order valence-corrected chi connectivity index (χ2v) is 5.37. The smallest absolute Gasteiger partial charge is 0.335 e. The summed E-state index contributed by atoms with van der Waals surface area (Å²) in [5.74, 6) is -2.50. The molecule has 0 radical (unpaired) electrons. The Bertz CT molecular complexity index is 663. The molecule has 1 aromatic rings. The number of carboxylic acid groups (broad SMARTS) is 1. The van der Waals surface area contributed by atoms with Crippen molar-refractivity contribution >= 4 is 23.5 Å². The van der Waals surface area contributed by atoms with Crippen LogP contribution in [-0.2, 0) is 14.3 Å². The van der Waals surface area contributed by atoms with E-state index in [1.54, 1.807) is 0 Å². The summed E-state index contributed by atoms with van der Waals surface area (Å²) in [6.07, 6.45) is 3.02. The molecule has 4 unspecified atom stereocenters. The predicted octanol–water partition coefficient (Wildman–Crippen LogP) is 0.828. The molecule has 6 nitrogen and oxygen atoms in total. The Balaban J connectivity index is 1.69. The van der Waals surface area contributed by atoms with Gasteiger partial charge in [-0.1, -0.05) is 12.2 Å². The Labute approximate surface area is 119 Å². The van der Waals surface area contributed by atoms with Gasteiger partial charge in [0.1, 0.15) is 0 Å². The quantitative estimate of drug-likeness (QED) is 0.642. The summed E-state index contributed by atoms with van der Waals surface area (Å²) < 4.78 is 5.56. The molecule has 6 heteroatoms. The number of fused-ring (bicyclic) bond motifs is 5. The number of aromatic carboxylic acids is 1. The van der Waals surface area contributed by atoms with E-state index in [1.165, 1.54) is 24.3 Å². The van der Waals surface area contributed by atoms with Crippen LogP contribution >= 0.6 is 0 Å². The molecule has 0 aromatic heterocycles. The molecule has 1 aromatic carbocycles. The fourth-order valence-electron chi connectivity index (χ4n) is 3.31. The van der Waals surface area contributed by atoms with Crippen LogP contribution in [0.4, 0.5) is 5.69 Å². The van der Waals surface area contributed by atoms with Crippen LogP contribution in [0.5, 0.6) is 0 Å². The number of benzene rings is 1. The van der Waals surface area contributed by atoms with Crippen LogP contribution < -0.4 is 4.90 Å². The van der Waals surface area contributed by atoms with E-state index in [2.05, 4.69) is 0 Å². The van der Waals surface area contributed by atoms with E-state index in [0.29, 0.717) is 5.69 Å². The molecule has 1 N–H and O–H groups in total. The minimum Gasteiger partial charge on any atom is -0.478 e. The maximum Gasteiger partial charge on any atom is 0.335 e. The van der Waals surface area contributed by atoms with E-state index < -0.39 is 17.8 Å². The second-order valence-electron chi connectivity index (χ2n) is 5.37. The number of carbonyl (C=O) groups is 3. The Morgan fingerprint density at radius 3 is 2.00 bits per heavy atom. The van der Waals surface area contributed by atoms with Gasteiger partial charge < -0.3 is 9.84 Å². The molecule has 0 saturated carbocycles. The summed E-state index contributed by atoms with van der Waals surface area (Å²) in [6.45, 7) is 0. The zero-order chi connectivity index (χ0) is 14.7. The van der Waals surface area contributed by atoms with E-state index in [-0.39, 0.29) is 29.6 Å². The van der Waals surface area contributed by atoms with Crippen LogP contribution in [0, 0.1) is 11.8 Å². The minimum atomic E-state index is -1.05. The maximum absolute atomic E-state index is 12.5. The number of carboxylic acids is 1. The topological polar surface area (TPSA) is 83.9 Å². The van der Waals surface area contributed by atoms with Crippen molar-refractivity contribution in [1.29, 1.82) is 0 Å². The number of hydrogen-bond acceptors (Lipinski definition) is 4. The van der Waals surface area contributed by atoms with Crippen molar-refractivity contribution in [2.24, 2.45) is 11.8 Å². The lowest BCUT2D eigenvalue weighted by Crippen LogP contribution is -2.34. The minimum absolute atomic E-state index is 0.114. The molecule has 2 bridgehead atoms. The highest BCUT2D eigenvalue weighted by Crippen LogP contribution is 2.46. The summed E-state index contributed by atoms with van der Waals surface area (Å²) >= 11 is 0. The van der Waals surface area contributed by atoms with Crippen molar-refractivity contribution in [2.75, 3.05) is 4.90 Å². The molecule has 106 valence electrons. The first-order chi connectivity index (χ1) is 10.1. The van der Waals surface area contributed by atoms with Gasteiger partial charge in [-0.05, 0) is 24.3 Å². The van der Waals surface area contributed by atoms with Crippen LogP contribution in [0.2, 0.25) is 0 Å². The third-order valence-corrected chi connectivity index (χ3v) is 4.28. The van der Waals surface area contributed by atoms with Gasteiger partial charge >= 0.3 is 5.97 Å². The zero-order valence-electron chi connectivity index (χ0n) is 10.8. The highest BCUT2D eigenvalue weighted by atomic mass is 16.5. The molecule has 2 amide bonds. The molecule has 4 rings (SSSR count). The Kier molecular flexibility index (Phi) is 2.35. The molecule has 3 aliphatic heterocycles. The van der Waals surface area contributed by atoms with Gasteiger partial charge in [-0.3, -0.25) is 9.59 Å². The number of anilines is 1. The molecule has 0 aliphatic carbocycles. The highest BCUT2D eigenvalue weighted by molar-refractivity contribution is 6.23. The van der Waals surface area contributed by atoms with Crippen molar-refractivity contribution in [3.05, 3.63) is 42.0 Å². The van der Waals surface area contributed by atoms with Gasteiger partial charge in [0.15, 0.2) is 0 Å². The van der Waals surface area contributed by atoms with Gasteiger partial charge in [0.05, 0.1) is 35.3 Å². The summed E-state index contributed by atoms with van der Waals surface area (Å²) in [6, 6.07) is 5.73. The van der Waals surface area contributed by atoms with Crippen LogP contribution in [0.15, 0.2) is 36.4 Å². The fourth-order valence-corrected chi connectivity index (χ4v) is 3.31. The van der Waals surface area contributed by atoms with Gasteiger partial charge in [-0.25, -0.2) is 9.69 Å². The monoisotopic (exact) mass is 285 g/mol. The van der Waals surface area contributed by atoms with Crippen molar-refractivity contribution in [3.8, 4) is 0 Å². The van der Waals surface area contributed by atoms with Crippen molar-refractivity contribution in [1.82, 2.24) is 0 Å². The largest absolute Gasteiger partial charge is 0.478 e. The molecular formula is C15H11NO5. The summed E-state index contributed by atoms with van der Waals surface area (Å²) in [5.41, 5.74) is 0.520. The Morgan fingerprint density at radius 1 is 1.00 bits per heavy atom. The number of nitrogens with zero attached hydrogens (tertiary/aromatic N) is 1. The number of imide groups is 1. The van der Waals surface area contributed by atoms with Crippen LogP contribution in [0.25, 0.3) is 0 Å². The van der Waals surface area contributed by atoms with Gasteiger partial charge in [-0.15, -0.1) is 0 Å². The molecule has 2 saturated heterocycles. The average molecular weight is 285 g/mol. The molecule has 4 atom stereocenters. The SMILES string of the molecule is O=C(O)c1ccc(N2C(=O)C3C4C=CC(O4)C3C2=O)cc1. The van der Waals surface area contributed by atoms with E-state index in [0.717, 1.165) is 4.90 Å². The first-order valence-corrected chi connectivity index (χ1v) is 6.63. The van der Waals surface area contributed by atoms with E-state index >= 15 is 0 Å². The second kappa shape index (κ2) is 4.02. The van der Waals surface area contributed by atoms with Crippen LogP contribution in [-0.4, -0.2) is 35.1 Å². The molecular weight excluding hydrogens is 274 g/mol. The summed E-state index contributed by atoms with van der Waals surface area (Å²) in [5, 5.41) is 8.88. The predicted molar refractivity (Wildman–Crippen MR) is 70.7 cm³/mol. The maximum atomic E-state index is 12.5. The zero-order valence-corrected chi connectivity index (χ0v) is 10.8. The lowest BCUT2D eigenvalue weighted by atomic mass is 9.85. The van der Waals surface area contributed by atoms with E-state index in [4.69, 9.17) is 9.84 Å². The average Bonchev–Trinajstić information content (AvgIpc) is 3.13. The normalized spacial score (nSPS) is 32.9.